The fourth-order valence-corrected chi connectivity index (χ4v) is 4.08. The third-order valence-electron chi connectivity index (χ3n) is 5.45. The molecule has 0 aromatic carbocycles. The fraction of sp³-hybridized carbons (Fsp3) is 0.938. The van der Waals surface area contributed by atoms with Crippen molar-refractivity contribution in [3.05, 3.63) is 0 Å². The summed E-state index contributed by atoms with van der Waals surface area (Å²) < 4.78 is 0. The van der Waals surface area contributed by atoms with Crippen LogP contribution in [-0.2, 0) is 4.79 Å². The minimum absolute atomic E-state index is 0.273. The minimum Gasteiger partial charge on any atom is -0.368 e. The molecule has 1 amide bonds. The van der Waals surface area contributed by atoms with Crippen LogP contribution in [0.1, 0.15) is 38.5 Å². The standard InChI is InChI=1S/C16H32N4O/c1-19(2)12-13-5-9-20(10-6-13)11-7-14-4-3-8-16(14,18)15(17)21/h13-14H,3-12,18H2,1-2H3,(H2,17,21). The Morgan fingerprint density at radius 1 is 1.29 bits per heavy atom. The second kappa shape index (κ2) is 7.07. The molecule has 2 atom stereocenters. The number of amides is 1. The van der Waals surface area contributed by atoms with Crippen LogP contribution in [0, 0.1) is 11.8 Å². The Balaban J connectivity index is 1.73. The van der Waals surface area contributed by atoms with E-state index in [1.807, 2.05) is 0 Å². The molecular weight excluding hydrogens is 264 g/mol. The largest absolute Gasteiger partial charge is 0.368 e. The van der Waals surface area contributed by atoms with Gasteiger partial charge >= 0.3 is 0 Å². The van der Waals surface area contributed by atoms with Crippen LogP contribution < -0.4 is 11.5 Å². The maximum Gasteiger partial charge on any atom is 0.237 e. The van der Waals surface area contributed by atoms with Crippen LogP contribution in [0.3, 0.4) is 0 Å². The maximum atomic E-state index is 11.6. The van der Waals surface area contributed by atoms with Gasteiger partial charge in [0, 0.05) is 6.54 Å². The predicted octanol–water partition coefficient (Wildman–Crippen LogP) is 0.633. The second-order valence-electron chi connectivity index (χ2n) is 7.33. The molecule has 1 saturated heterocycles. The highest BCUT2D eigenvalue weighted by atomic mass is 16.1. The Kier molecular flexibility index (Phi) is 5.63. The average molecular weight is 296 g/mol. The van der Waals surface area contributed by atoms with Crippen molar-refractivity contribution in [2.75, 3.05) is 40.3 Å². The van der Waals surface area contributed by atoms with Gasteiger partial charge < -0.3 is 21.3 Å². The molecule has 1 saturated carbocycles. The van der Waals surface area contributed by atoms with Crippen molar-refractivity contribution in [1.82, 2.24) is 9.80 Å². The Bertz CT molecular complexity index is 352. The van der Waals surface area contributed by atoms with Gasteiger partial charge in [0.1, 0.15) is 0 Å². The number of likely N-dealkylation sites (tertiary alicyclic amines) is 1. The lowest BCUT2D eigenvalue weighted by Gasteiger charge is -2.35. The Morgan fingerprint density at radius 2 is 1.95 bits per heavy atom. The molecule has 0 spiro atoms. The smallest absolute Gasteiger partial charge is 0.237 e. The van der Waals surface area contributed by atoms with Gasteiger partial charge in [-0.15, -0.1) is 0 Å². The van der Waals surface area contributed by atoms with Crippen LogP contribution in [0.5, 0.6) is 0 Å². The Labute approximate surface area is 129 Å². The topological polar surface area (TPSA) is 75.6 Å². The first-order valence-corrected chi connectivity index (χ1v) is 8.37. The molecule has 2 rings (SSSR count). The number of nitrogens with zero attached hydrogens (tertiary/aromatic N) is 2. The van der Waals surface area contributed by atoms with Crippen LogP contribution in [0.2, 0.25) is 0 Å². The molecule has 4 N–H and O–H groups in total. The highest BCUT2D eigenvalue weighted by molar-refractivity contribution is 5.85. The first-order chi connectivity index (χ1) is 9.91. The fourth-order valence-electron chi connectivity index (χ4n) is 4.08. The van der Waals surface area contributed by atoms with Gasteiger partial charge in [-0.05, 0) is 77.7 Å². The van der Waals surface area contributed by atoms with E-state index in [4.69, 9.17) is 11.5 Å². The van der Waals surface area contributed by atoms with Gasteiger partial charge in [-0.25, -0.2) is 0 Å². The van der Waals surface area contributed by atoms with Crippen molar-refractivity contribution in [1.29, 1.82) is 0 Å². The Hall–Kier alpha value is -0.650. The van der Waals surface area contributed by atoms with Crippen LogP contribution in [-0.4, -0.2) is 61.5 Å². The molecule has 2 unspecified atom stereocenters. The lowest BCUT2D eigenvalue weighted by molar-refractivity contribution is -0.124. The minimum atomic E-state index is -0.747. The predicted molar refractivity (Wildman–Crippen MR) is 85.8 cm³/mol. The number of hydrogen-bond acceptors (Lipinski definition) is 4. The molecule has 122 valence electrons. The molecule has 0 aromatic heterocycles. The van der Waals surface area contributed by atoms with Crippen LogP contribution >= 0.6 is 0 Å². The number of nitrogens with two attached hydrogens (primary N) is 2. The Morgan fingerprint density at radius 3 is 2.52 bits per heavy atom. The van der Waals surface area contributed by atoms with E-state index in [1.165, 1.54) is 32.5 Å². The van der Waals surface area contributed by atoms with Gasteiger partial charge in [-0.1, -0.05) is 6.42 Å². The summed E-state index contributed by atoms with van der Waals surface area (Å²) in [6.07, 6.45) is 6.43. The number of piperidine rings is 1. The van der Waals surface area contributed by atoms with E-state index in [2.05, 4.69) is 23.9 Å². The molecule has 0 bridgehead atoms. The van der Waals surface area contributed by atoms with Crippen molar-refractivity contribution in [3.8, 4) is 0 Å². The van der Waals surface area contributed by atoms with Crippen LogP contribution in [0.25, 0.3) is 0 Å². The number of carbonyl (C=O) groups excluding carboxylic acids is 1. The number of rotatable bonds is 6. The maximum absolute atomic E-state index is 11.6. The van der Waals surface area contributed by atoms with E-state index in [1.54, 1.807) is 0 Å². The van der Waals surface area contributed by atoms with E-state index >= 15 is 0 Å². The zero-order valence-electron chi connectivity index (χ0n) is 13.7. The second-order valence-corrected chi connectivity index (χ2v) is 7.33. The summed E-state index contributed by atoms with van der Waals surface area (Å²) in [5.74, 6) is 0.797. The molecule has 1 aliphatic carbocycles. The number of primary amides is 1. The molecule has 21 heavy (non-hydrogen) atoms. The van der Waals surface area contributed by atoms with Crippen LogP contribution in [0.4, 0.5) is 0 Å². The third kappa shape index (κ3) is 4.18. The van der Waals surface area contributed by atoms with Crippen LogP contribution in [0.15, 0.2) is 0 Å². The molecule has 1 heterocycles. The molecule has 2 aliphatic rings. The molecule has 1 aliphatic heterocycles. The monoisotopic (exact) mass is 296 g/mol. The molecule has 2 fully saturated rings. The highest BCUT2D eigenvalue weighted by Gasteiger charge is 2.44. The third-order valence-corrected chi connectivity index (χ3v) is 5.45. The van der Waals surface area contributed by atoms with Gasteiger partial charge in [0.15, 0.2) is 0 Å². The van der Waals surface area contributed by atoms with Gasteiger partial charge in [0.25, 0.3) is 0 Å². The van der Waals surface area contributed by atoms with E-state index in [0.29, 0.717) is 0 Å². The summed E-state index contributed by atoms with van der Waals surface area (Å²) in [6.45, 7) is 4.62. The van der Waals surface area contributed by atoms with Gasteiger partial charge in [-0.2, -0.15) is 0 Å². The SMILES string of the molecule is CN(C)CC1CCN(CCC2CCCC2(N)C(N)=O)CC1. The average Bonchev–Trinajstić information content (AvgIpc) is 2.80. The molecule has 5 nitrogen and oxygen atoms in total. The lowest BCUT2D eigenvalue weighted by atomic mass is 9.84. The number of hydrogen-bond donors (Lipinski definition) is 2. The molecular formula is C16H32N4O. The van der Waals surface area contributed by atoms with Crippen molar-refractivity contribution in [2.24, 2.45) is 23.3 Å². The van der Waals surface area contributed by atoms with Crippen molar-refractivity contribution in [2.45, 2.75) is 44.1 Å². The summed E-state index contributed by atoms with van der Waals surface area (Å²) in [5.41, 5.74) is 11.0. The summed E-state index contributed by atoms with van der Waals surface area (Å²) in [6, 6.07) is 0. The first-order valence-electron chi connectivity index (χ1n) is 8.37. The van der Waals surface area contributed by atoms with E-state index < -0.39 is 5.54 Å². The van der Waals surface area contributed by atoms with Crippen molar-refractivity contribution < 1.29 is 4.79 Å². The van der Waals surface area contributed by atoms with Gasteiger partial charge in [0.2, 0.25) is 5.91 Å². The van der Waals surface area contributed by atoms with Crippen molar-refractivity contribution >= 4 is 5.91 Å². The molecule has 5 heteroatoms. The zero-order valence-corrected chi connectivity index (χ0v) is 13.7. The normalized spacial score (nSPS) is 31.9. The van der Waals surface area contributed by atoms with E-state index in [-0.39, 0.29) is 11.8 Å². The molecule has 0 aromatic rings. The number of carbonyl (C=O) groups is 1. The summed E-state index contributed by atoms with van der Waals surface area (Å²) in [5, 5.41) is 0. The van der Waals surface area contributed by atoms with Gasteiger partial charge in [0.05, 0.1) is 5.54 Å². The lowest BCUT2D eigenvalue weighted by Crippen LogP contribution is -2.55. The van der Waals surface area contributed by atoms with E-state index in [9.17, 15) is 4.79 Å². The highest BCUT2D eigenvalue weighted by Crippen LogP contribution is 2.36. The first kappa shape index (κ1) is 16.7. The van der Waals surface area contributed by atoms with Gasteiger partial charge in [-0.3, -0.25) is 4.79 Å². The summed E-state index contributed by atoms with van der Waals surface area (Å²) in [7, 11) is 4.30. The quantitative estimate of drug-likeness (QED) is 0.754. The summed E-state index contributed by atoms with van der Waals surface area (Å²) >= 11 is 0. The van der Waals surface area contributed by atoms with E-state index in [0.717, 1.165) is 38.1 Å². The molecule has 0 radical (unpaired) electrons. The summed E-state index contributed by atoms with van der Waals surface area (Å²) in [4.78, 5) is 16.4. The van der Waals surface area contributed by atoms with Crippen molar-refractivity contribution in [3.63, 3.8) is 0 Å². The zero-order chi connectivity index (χ0) is 15.5.